The summed E-state index contributed by atoms with van der Waals surface area (Å²) >= 11 is 0. The first kappa shape index (κ1) is 6.39. The zero-order valence-electron chi connectivity index (χ0n) is 5.86. The molecule has 0 N–H and O–H groups in total. The molecular formula is C7H7N2O2. The minimum atomic E-state index is -0.452. The Labute approximate surface area is 63.9 Å². The molecule has 1 heterocycles. The Balaban J connectivity index is 2.15. The summed E-state index contributed by atoms with van der Waals surface area (Å²) in [6, 6.07) is -0.115. The topological polar surface area (TPSA) is 51.5 Å². The van der Waals surface area contributed by atoms with Crippen molar-refractivity contribution in [1.29, 1.82) is 0 Å². The van der Waals surface area contributed by atoms with Crippen molar-refractivity contribution in [2.24, 2.45) is 0 Å². The average Bonchev–Trinajstić information content (AvgIpc) is 2.70. The molecule has 1 aliphatic carbocycles. The standard InChI is InChI=1S/C7H7N2O2/c10-6-3-4-9(5-1-2-5)7(11)8-6/h3-5H,1-2H2. The van der Waals surface area contributed by atoms with Crippen LogP contribution in [0.15, 0.2) is 12.3 Å². The molecular weight excluding hydrogens is 144 g/mol. The van der Waals surface area contributed by atoms with Crippen LogP contribution < -0.4 is 5.32 Å². The molecule has 4 heteroatoms. The monoisotopic (exact) mass is 151 g/mol. The van der Waals surface area contributed by atoms with Gasteiger partial charge in [0.1, 0.15) is 0 Å². The van der Waals surface area contributed by atoms with Gasteiger partial charge in [0, 0.05) is 18.3 Å². The summed E-state index contributed by atoms with van der Waals surface area (Å²) in [6.07, 6.45) is 4.90. The highest BCUT2D eigenvalue weighted by molar-refractivity contribution is 6.02. The van der Waals surface area contributed by atoms with Gasteiger partial charge in [-0.2, -0.15) is 5.32 Å². The highest BCUT2D eigenvalue weighted by Gasteiger charge is 2.34. The molecule has 2 aliphatic rings. The summed E-state index contributed by atoms with van der Waals surface area (Å²) in [5.41, 5.74) is 0. The number of hydrogen-bond acceptors (Lipinski definition) is 2. The Morgan fingerprint density at radius 2 is 2.18 bits per heavy atom. The maximum absolute atomic E-state index is 11.0. The van der Waals surface area contributed by atoms with E-state index in [0.717, 1.165) is 12.8 Å². The van der Waals surface area contributed by atoms with Gasteiger partial charge in [-0.05, 0) is 12.8 Å². The smallest absolute Gasteiger partial charge is 0.296 e. The normalized spacial score (nSPS) is 23.8. The molecule has 0 aromatic rings. The highest BCUT2D eigenvalue weighted by Crippen LogP contribution is 2.27. The number of urea groups is 1. The van der Waals surface area contributed by atoms with Crippen LogP contribution in [0.2, 0.25) is 0 Å². The maximum Gasteiger partial charge on any atom is 0.351 e. The molecule has 2 rings (SSSR count). The van der Waals surface area contributed by atoms with Gasteiger partial charge in [-0.3, -0.25) is 9.69 Å². The second-order valence-electron chi connectivity index (χ2n) is 2.69. The number of amides is 3. The molecule has 1 aliphatic heterocycles. The number of nitrogens with zero attached hydrogens (tertiary/aromatic N) is 2. The highest BCUT2D eigenvalue weighted by atomic mass is 16.2. The third kappa shape index (κ3) is 1.11. The maximum atomic E-state index is 11.0. The van der Waals surface area contributed by atoms with E-state index in [2.05, 4.69) is 5.32 Å². The van der Waals surface area contributed by atoms with Crippen molar-refractivity contribution in [2.45, 2.75) is 18.9 Å². The predicted octanol–water partition coefficient (Wildman–Crippen LogP) is 0.229. The zero-order valence-corrected chi connectivity index (χ0v) is 5.86. The Morgan fingerprint density at radius 3 is 2.73 bits per heavy atom. The predicted molar refractivity (Wildman–Crippen MR) is 36.5 cm³/mol. The van der Waals surface area contributed by atoms with Crippen LogP contribution in [0.5, 0.6) is 0 Å². The number of carbonyl (C=O) groups excluding carboxylic acids is 2. The molecule has 0 bridgehead atoms. The van der Waals surface area contributed by atoms with Gasteiger partial charge in [0.05, 0.1) is 0 Å². The Hall–Kier alpha value is -1.32. The lowest BCUT2D eigenvalue weighted by molar-refractivity contribution is -0.116. The molecule has 0 aromatic heterocycles. The van der Waals surface area contributed by atoms with Crippen LogP contribution in [-0.4, -0.2) is 22.9 Å². The summed E-state index contributed by atoms with van der Waals surface area (Å²) in [6.45, 7) is 0. The minimum Gasteiger partial charge on any atom is -0.296 e. The quantitative estimate of drug-likeness (QED) is 0.538. The van der Waals surface area contributed by atoms with Crippen molar-refractivity contribution in [3.63, 3.8) is 0 Å². The van der Waals surface area contributed by atoms with Crippen molar-refractivity contribution in [2.75, 3.05) is 0 Å². The van der Waals surface area contributed by atoms with E-state index in [-0.39, 0.29) is 0 Å². The first-order chi connectivity index (χ1) is 5.27. The molecule has 0 unspecified atom stereocenters. The fourth-order valence-corrected chi connectivity index (χ4v) is 1.03. The van der Waals surface area contributed by atoms with Crippen molar-refractivity contribution >= 4 is 11.9 Å². The van der Waals surface area contributed by atoms with Gasteiger partial charge in [-0.15, -0.1) is 0 Å². The van der Waals surface area contributed by atoms with Gasteiger partial charge < -0.3 is 0 Å². The first-order valence-electron chi connectivity index (χ1n) is 3.53. The minimum absolute atomic E-state index is 0.301. The van der Waals surface area contributed by atoms with E-state index in [0.29, 0.717) is 6.04 Å². The number of carbonyl (C=O) groups is 2. The lowest BCUT2D eigenvalue weighted by Gasteiger charge is -2.18. The third-order valence-corrected chi connectivity index (χ3v) is 1.74. The van der Waals surface area contributed by atoms with E-state index in [1.807, 2.05) is 0 Å². The van der Waals surface area contributed by atoms with Crippen LogP contribution in [0.4, 0.5) is 4.79 Å². The summed E-state index contributed by atoms with van der Waals surface area (Å²) in [7, 11) is 0. The number of imide groups is 1. The summed E-state index contributed by atoms with van der Waals surface area (Å²) < 4.78 is 0. The second kappa shape index (κ2) is 2.08. The molecule has 1 radical (unpaired) electrons. The molecule has 11 heavy (non-hydrogen) atoms. The van der Waals surface area contributed by atoms with Gasteiger partial charge in [-0.1, -0.05) is 0 Å². The van der Waals surface area contributed by atoms with E-state index >= 15 is 0 Å². The van der Waals surface area contributed by atoms with E-state index in [1.165, 1.54) is 17.2 Å². The second-order valence-corrected chi connectivity index (χ2v) is 2.69. The van der Waals surface area contributed by atoms with E-state index in [4.69, 9.17) is 0 Å². The van der Waals surface area contributed by atoms with Crippen LogP contribution in [0.3, 0.4) is 0 Å². The van der Waals surface area contributed by atoms with E-state index < -0.39 is 11.9 Å². The first-order valence-corrected chi connectivity index (χ1v) is 3.53. The Bertz CT molecular complexity index is 243. The van der Waals surface area contributed by atoms with Crippen LogP contribution in [-0.2, 0) is 4.79 Å². The molecule has 57 valence electrons. The van der Waals surface area contributed by atoms with Crippen LogP contribution >= 0.6 is 0 Å². The molecule has 0 aromatic carbocycles. The van der Waals surface area contributed by atoms with Gasteiger partial charge >= 0.3 is 6.03 Å². The Morgan fingerprint density at radius 1 is 1.45 bits per heavy atom. The van der Waals surface area contributed by atoms with Gasteiger partial charge in [0.15, 0.2) is 0 Å². The van der Waals surface area contributed by atoms with Crippen molar-refractivity contribution in [3.8, 4) is 0 Å². The van der Waals surface area contributed by atoms with Crippen molar-refractivity contribution in [3.05, 3.63) is 12.3 Å². The average molecular weight is 151 g/mol. The third-order valence-electron chi connectivity index (χ3n) is 1.74. The van der Waals surface area contributed by atoms with Gasteiger partial charge in [0.25, 0.3) is 5.91 Å². The summed E-state index contributed by atoms with van der Waals surface area (Å²) in [5, 5.41) is 3.29. The molecule has 1 fully saturated rings. The summed E-state index contributed by atoms with van der Waals surface area (Å²) in [4.78, 5) is 23.0. The molecule has 0 atom stereocenters. The van der Waals surface area contributed by atoms with Crippen molar-refractivity contribution in [1.82, 2.24) is 10.2 Å². The van der Waals surface area contributed by atoms with E-state index in [9.17, 15) is 9.59 Å². The van der Waals surface area contributed by atoms with E-state index in [1.54, 1.807) is 0 Å². The summed E-state index contributed by atoms with van der Waals surface area (Å²) in [5.74, 6) is -0.452. The van der Waals surface area contributed by atoms with Gasteiger partial charge in [0.2, 0.25) is 0 Å². The van der Waals surface area contributed by atoms with Crippen LogP contribution in [0, 0.1) is 0 Å². The molecule has 3 amide bonds. The lowest BCUT2D eigenvalue weighted by atomic mass is 10.4. The zero-order chi connectivity index (χ0) is 7.84. The van der Waals surface area contributed by atoms with Crippen LogP contribution in [0.25, 0.3) is 0 Å². The van der Waals surface area contributed by atoms with Gasteiger partial charge in [-0.25, -0.2) is 4.79 Å². The molecule has 1 saturated carbocycles. The SMILES string of the molecule is O=C1C=CN(C2CC2)C(=O)[N]1. The molecule has 0 saturated heterocycles. The lowest BCUT2D eigenvalue weighted by Crippen LogP contribution is -2.39. The van der Waals surface area contributed by atoms with Crippen molar-refractivity contribution < 1.29 is 9.59 Å². The number of hydrogen-bond donors (Lipinski definition) is 0. The largest absolute Gasteiger partial charge is 0.351 e. The fraction of sp³-hybridized carbons (Fsp3) is 0.429. The fourth-order valence-electron chi connectivity index (χ4n) is 1.03. The Kier molecular flexibility index (Phi) is 1.21. The molecule has 4 nitrogen and oxygen atoms in total. The van der Waals surface area contributed by atoms with Crippen LogP contribution in [0.1, 0.15) is 12.8 Å². The number of rotatable bonds is 1. The molecule has 0 spiro atoms.